The van der Waals surface area contributed by atoms with Crippen molar-refractivity contribution in [2.75, 3.05) is 18.0 Å². The number of benzene rings is 1. The van der Waals surface area contributed by atoms with E-state index in [0.717, 1.165) is 6.07 Å². The van der Waals surface area contributed by atoms with Gasteiger partial charge in [-0.15, -0.1) is 0 Å². The van der Waals surface area contributed by atoms with Crippen molar-refractivity contribution >= 4 is 17.3 Å². The molecule has 0 aromatic heterocycles. The molecule has 1 fully saturated rings. The quantitative estimate of drug-likeness (QED) is 0.844. The van der Waals surface area contributed by atoms with Gasteiger partial charge in [0.1, 0.15) is 0 Å². The van der Waals surface area contributed by atoms with Crippen LogP contribution < -0.4 is 4.90 Å². The van der Waals surface area contributed by atoms with Crippen LogP contribution in [0.5, 0.6) is 0 Å². The Morgan fingerprint density at radius 3 is 2.59 bits per heavy atom. The number of alkyl halides is 3. The minimum atomic E-state index is -4.45. The van der Waals surface area contributed by atoms with E-state index in [-0.39, 0.29) is 5.02 Å². The predicted octanol–water partition coefficient (Wildman–Crippen LogP) is 2.93. The van der Waals surface area contributed by atoms with Gasteiger partial charge in [0, 0.05) is 18.8 Å². The zero-order valence-corrected chi connectivity index (χ0v) is 9.59. The largest absolute Gasteiger partial charge is 0.417 e. The van der Waals surface area contributed by atoms with Gasteiger partial charge in [-0.3, -0.25) is 0 Å². The number of anilines is 1. The molecule has 0 saturated carbocycles. The smallest absolute Gasteiger partial charge is 0.391 e. The van der Waals surface area contributed by atoms with Gasteiger partial charge in [0.05, 0.1) is 16.7 Å². The fraction of sp³-hybridized carbons (Fsp3) is 0.455. The highest BCUT2D eigenvalue weighted by atomic mass is 35.5. The van der Waals surface area contributed by atoms with E-state index in [1.807, 2.05) is 0 Å². The molecule has 0 amide bonds. The molecule has 0 aliphatic carbocycles. The number of hydrogen-bond donors (Lipinski definition) is 1. The summed E-state index contributed by atoms with van der Waals surface area (Å²) in [5.74, 6) is 0. The molecule has 1 heterocycles. The summed E-state index contributed by atoms with van der Waals surface area (Å²) in [6, 6.07) is 3.81. The fourth-order valence-corrected chi connectivity index (χ4v) is 2.13. The maximum atomic E-state index is 12.6. The molecular formula is C11H11ClF3NO. The second-order valence-electron chi connectivity index (χ2n) is 4.05. The summed E-state index contributed by atoms with van der Waals surface area (Å²) in [5.41, 5.74) is -0.392. The molecule has 1 aromatic carbocycles. The van der Waals surface area contributed by atoms with Crippen molar-refractivity contribution in [3.05, 3.63) is 28.8 Å². The van der Waals surface area contributed by atoms with Gasteiger partial charge in [0.15, 0.2) is 0 Å². The van der Waals surface area contributed by atoms with Crippen LogP contribution in [0, 0.1) is 0 Å². The van der Waals surface area contributed by atoms with Crippen LogP contribution >= 0.6 is 11.6 Å². The number of hydrogen-bond acceptors (Lipinski definition) is 2. The lowest BCUT2D eigenvalue weighted by atomic mass is 10.2. The molecule has 1 N–H and O–H groups in total. The number of nitrogens with zero attached hydrogens (tertiary/aromatic N) is 1. The Balaban J connectivity index is 2.31. The second-order valence-corrected chi connectivity index (χ2v) is 4.46. The first-order chi connectivity index (χ1) is 7.88. The molecular weight excluding hydrogens is 255 g/mol. The summed E-state index contributed by atoms with van der Waals surface area (Å²) in [6.45, 7) is 0.916. The van der Waals surface area contributed by atoms with E-state index in [0.29, 0.717) is 25.2 Å². The van der Waals surface area contributed by atoms with E-state index in [2.05, 4.69) is 0 Å². The highest BCUT2D eigenvalue weighted by molar-refractivity contribution is 6.31. The van der Waals surface area contributed by atoms with E-state index in [1.165, 1.54) is 12.1 Å². The fourth-order valence-electron chi connectivity index (χ4n) is 1.90. The third-order valence-corrected chi connectivity index (χ3v) is 3.11. The number of rotatable bonds is 1. The van der Waals surface area contributed by atoms with Crippen molar-refractivity contribution in [3.8, 4) is 0 Å². The van der Waals surface area contributed by atoms with Gasteiger partial charge in [0.25, 0.3) is 0 Å². The van der Waals surface area contributed by atoms with Gasteiger partial charge in [-0.2, -0.15) is 13.2 Å². The van der Waals surface area contributed by atoms with Crippen molar-refractivity contribution in [2.45, 2.75) is 18.7 Å². The van der Waals surface area contributed by atoms with E-state index in [4.69, 9.17) is 11.6 Å². The van der Waals surface area contributed by atoms with Gasteiger partial charge in [-0.25, -0.2) is 0 Å². The first-order valence-corrected chi connectivity index (χ1v) is 5.55. The van der Waals surface area contributed by atoms with Gasteiger partial charge in [-0.05, 0) is 24.6 Å². The molecule has 1 atom stereocenters. The van der Waals surface area contributed by atoms with E-state index in [9.17, 15) is 18.3 Å². The second kappa shape index (κ2) is 4.38. The molecule has 1 unspecified atom stereocenters. The lowest BCUT2D eigenvalue weighted by Crippen LogP contribution is -2.21. The SMILES string of the molecule is OC1CCN(c2ccc(Cl)c(C(F)(F)F)c2)C1. The van der Waals surface area contributed by atoms with Crippen molar-refractivity contribution in [1.82, 2.24) is 0 Å². The topological polar surface area (TPSA) is 23.5 Å². The van der Waals surface area contributed by atoms with Crippen molar-refractivity contribution < 1.29 is 18.3 Å². The molecule has 6 heteroatoms. The van der Waals surface area contributed by atoms with Crippen molar-refractivity contribution in [2.24, 2.45) is 0 Å². The van der Waals surface area contributed by atoms with Crippen molar-refractivity contribution in [1.29, 1.82) is 0 Å². The molecule has 0 spiro atoms. The molecule has 2 nitrogen and oxygen atoms in total. The third kappa shape index (κ3) is 2.66. The minimum Gasteiger partial charge on any atom is -0.391 e. The van der Waals surface area contributed by atoms with E-state index in [1.54, 1.807) is 4.90 Å². The molecule has 0 bridgehead atoms. The first kappa shape index (κ1) is 12.5. The zero-order valence-electron chi connectivity index (χ0n) is 8.84. The Kier molecular flexibility index (Phi) is 3.23. The minimum absolute atomic E-state index is 0.305. The maximum absolute atomic E-state index is 12.6. The summed E-state index contributed by atoms with van der Waals surface area (Å²) in [5, 5.41) is 9.05. The van der Waals surface area contributed by atoms with Crippen LogP contribution in [0.4, 0.5) is 18.9 Å². The van der Waals surface area contributed by atoms with Gasteiger partial charge in [-0.1, -0.05) is 11.6 Å². The average Bonchev–Trinajstić information content (AvgIpc) is 2.64. The van der Waals surface area contributed by atoms with Crippen LogP contribution in [-0.4, -0.2) is 24.3 Å². The maximum Gasteiger partial charge on any atom is 0.417 e. The lowest BCUT2D eigenvalue weighted by molar-refractivity contribution is -0.137. The molecule has 1 aliphatic heterocycles. The summed E-state index contributed by atoms with van der Waals surface area (Å²) in [4.78, 5) is 1.72. The van der Waals surface area contributed by atoms with Crippen LogP contribution in [0.15, 0.2) is 18.2 Å². The third-order valence-electron chi connectivity index (χ3n) is 2.78. The molecule has 94 valence electrons. The monoisotopic (exact) mass is 265 g/mol. The summed E-state index contributed by atoms with van der Waals surface area (Å²) >= 11 is 5.53. The zero-order chi connectivity index (χ0) is 12.6. The predicted molar refractivity (Wildman–Crippen MR) is 59.3 cm³/mol. The number of aliphatic hydroxyl groups excluding tert-OH is 1. The van der Waals surface area contributed by atoms with E-state index < -0.39 is 17.8 Å². The molecule has 2 rings (SSSR count). The molecule has 1 saturated heterocycles. The summed E-state index contributed by atoms with van der Waals surface area (Å²) < 4.78 is 37.9. The van der Waals surface area contributed by atoms with Gasteiger partial charge in [0.2, 0.25) is 0 Å². The molecule has 1 aliphatic rings. The Bertz CT molecular complexity index is 422. The Labute approximate surface area is 102 Å². The highest BCUT2D eigenvalue weighted by Crippen LogP contribution is 2.37. The Morgan fingerprint density at radius 2 is 2.06 bits per heavy atom. The molecule has 17 heavy (non-hydrogen) atoms. The van der Waals surface area contributed by atoms with Crippen LogP contribution in [0.3, 0.4) is 0 Å². The summed E-state index contributed by atoms with van der Waals surface area (Å²) in [6.07, 6.45) is -4.35. The normalized spacial score (nSPS) is 21.0. The summed E-state index contributed by atoms with van der Waals surface area (Å²) in [7, 11) is 0. The first-order valence-electron chi connectivity index (χ1n) is 5.17. The van der Waals surface area contributed by atoms with Crippen LogP contribution in [0.25, 0.3) is 0 Å². The average molecular weight is 266 g/mol. The number of aliphatic hydroxyl groups is 1. The van der Waals surface area contributed by atoms with Crippen LogP contribution in [0.1, 0.15) is 12.0 Å². The molecule has 0 radical (unpaired) electrons. The van der Waals surface area contributed by atoms with Gasteiger partial charge < -0.3 is 10.0 Å². The lowest BCUT2D eigenvalue weighted by Gasteiger charge is -2.20. The van der Waals surface area contributed by atoms with Crippen LogP contribution in [0.2, 0.25) is 5.02 Å². The number of halogens is 4. The van der Waals surface area contributed by atoms with Crippen LogP contribution in [-0.2, 0) is 6.18 Å². The van der Waals surface area contributed by atoms with Gasteiger partial charge >= 0.3 is 6.18 Å². The highest BCUT2D eigenvalue weighted by Gasteiger charge is 2.34. The number of β-amino-alcohol motifs (C(OH)–C–C–N with tert-alkyl or cyclic N) is 1. The van der Waals surface area contributed by atoms with Crippen molar-refractivity contribution in [3.63, 3.8) is 0 Å². The molecule has 1 aromatic rings. The standard InChI is InChI=1S/C11H11ClF3NO/c12-10-2-1-7(5-9(10)11(13,14)15)16-4-3-8(17)6-16/h1-2,5,8,17H,3-4,6H2. The Morgan fingerprint density at radius 1 is 1.35 bits per heavy atom. The Hall–Kier alpha value is -0.940. The van der Waals surface area contributed by atoms with E-state index >= 15 is 0 Å².